The second-order valence-electron chi connectivity index (χ2n) is 10.4. The number of benzene rings is 7. The summed E-state index contributed by atoms with van der Waals surface area (Å²) in [7, 11) is 0. The van der Waals surface area contributed by atoms with Gasteiger partial charge in [0.25, 0.3) is 0 Å². The van der Waals surface area contributed by atoms with Crippen molar-refractivity contribution in [2.24, 2.45) is 9.98 Å². The van der Waals surface area contributed by atoms with E-state index in [1.165, 1.54) is 18.2 Å². The number of amidine groups is 2. The van der Waals surface area contributed by atoms with E-state index in [1.54, 1.807) is 6.07 Å². The van der Waals surface area contributed by atoms with Crippen LogP contribution in [0.1, 0.15) is 40.7 Å². The number of furan rings is 1. The zero-order valence-corrected chi connectivity index (χ0v) is 23.3. The summed E-state index contributed by atoms with van der Waals surface area (Å²) in [5.74, 6) is -0.625. The van der Waals surface area contributed by atoms with Crippen LogP contribution in [0.2, 0.25) is 0 Å². The maximum atomic E-state index is 9.28. The monoisotopic (exact) mass is 590 g/mol. The molecule has 1 aliphatic rings. The highest BCUT2D eigenvalue weighted by Crippen LogP contribution is 2.37. The average molecular weight is 591 g/mol. The van der Waals surface area contributed by atoms with Crippen LogP contribution in [0.25, 0.3) is 54.6 Å². The standard InChI is InChI=1S/C41H27N3O/c1-2-10-29(11-3-1)39-42-40(44-41(43-39)34-14-8-16-37-38(34)33-13-6-7-15-36(33)45-37)30-22-17-26(18-23-30)31-24-21-28-20-19-27-9-4-5-12-32(27)35(28)25-31/h1-25,41H,(H,42,43,44)/i1D,2D,3D,6D,10D,11D,14D,15D,16D,17D,18D,22D,23D. The van der Waals surface area contributed by atoms with E-state index in [1.807, 2.05) is 48.5 Å². The number of hydrogen-bond acceptors (Lipinski definition) is 4. The Labute approximate surface area is 278 Å². The third-order valence-electron chi connectivity index (χ3n) is 7.79. The van der Waals surface area contributed by atoms with Crippen LogP contribution in [-0.2, 0) is 0 Å². The Morgan fingerprint density at radius 1 is 0.533 bits per heavy atom. The van der Waals surface area contributed by atoms with E-state index in [-0.39, 0.29) is 80.0 Å². The van der Waals surface area contributed by atoms with Gasteiger partial charge in [0.1, 0.15) is 22.8 Å². The number of nitrogens with one attached hydrogen (secondary N) is 1. The van der Waals surface area contributed by atoms with Gasteiger partial charge in [0.2, 0.25) is 0 Å². The number of hydrogen-bond donors (Lipinski definition) is 1. The lowest BCUT2D eigenvalue weighted by atomic mass is 9.96. The Bertz CT molecular complexity index is 3150. The van der Waals surface area contributed by atoms with Gasteiger partial charge in [-0.25, -0.2) is 9.98 Å². The molecule has 0 bridgehead atoms. The van der Waals surface area contributed by atoms with Crippen molar-refractivity contribution < 1.29 is 22.2 Å². The minimum Gasteiger partial charge on any atom is -0.456 e. The molecule has 4 nitrogen and oxygen atoms in total. The first-order valence-corrected chi connectivity index (χ1v) is 14.1. The van der Waals surface area contributed by atoms with Gasteiger partial charge in [0, 0.05) is 27.5 Å². The van der Waals surface area contributed by atoms with Crippen LogP contribution < -0.4 is 5.32 Å². The SMILES string of the molecule is [2H]c1cc([2H])c2oc3c([2H])cc([2H])c(C4N=C(c5c([2H])c([2H])c([2H])c([2H])c5[2H])NC(c5c([2H])c([2H])c(-c6ccc7ccc8ccccc8c7c6)c([2H])c5[2H])=N4)c3c2c1. The summed E-state index contributed by atoms with van der Waals surface area (Å²) in [6.45, 7) is 0. The molecule has 1 atom stereocenters. The highest BCUT2D eigenvalue weighted by Gasteiger charge is 2.24. The zero-order chi connectivity index (χ0) is 41.1. The fraction of sp³-hybridized carbons (Fsp3) is 0.0244. The fourth-order valence-electron chi connectivity index (χ4n) is 5.68. The molecule has 2 heterocycles. The second kappa shape index (κ2) is 10.3. The largest absolute Gasteiger partial charge is 0.456 e. The normalized spacial score (nSPS) is 18.9. The summed E-state index contributed by atoms with van der Waals surface area (Å²) in [6.07, 6.45) is -1.51. The van der Waals surface area contributed by atoms with Gasteiger partial charge in [0.05, 0.1) is 17.8 Å². The molecule has 1 N–H and O–H groups in total. The Morgan fingerprint density at radius 3 is 2.09 bits per heavy atom. The first-order valence-electron chi connectivity index (χ1n) is 20.6. The Hall–Kier alpha value is -6.00. The van der Waals surface area contributed by atoms with E-state index >= 15 is 0 Å². The predicted molar refractivity (Wildman–Crippen MR) is 186 cm³/mol. The topological polar surface area (TPSA) is 49.9 Å². The molecule has 212 valence electrons. The molecule has 4 heteroatoms. The first-order chi connectivity index (χ1) is 27.7. The molecular formula is C41H27N3O. The summed E-state index contributed by atoms with van der Waals surface area (Å²) < 4.78 is 120. The van der Waals surface area contributed by atoms with Crippen molar-refractivity contribution in [1.29, 1.82) is 0 Å². The minimum absolute atomic E-state index is 0.00822. The molecule has 45 heavy (non-hydrogen) atoms. The summed E-state index contributed by atoms with van der Waals surface area (Å²) >= 11 is 0. The Kier molecular flexibility index (Phi) is 3.59. The van der Waals surface area contributed by atoms with Crippen LogP contribution in [0.15, 0.2) is 166 Å². The van der Waals surface area contributed by atoms with Gasteiger partial charge in [-0.15, -0.1) is 0 Å². The molecule has 0 amide bonds. The van der Waals surface area contributed by atoms with Crippen molar-refractivity contribution in [2.45, 2.75) is 6.17 Å². The molecule has 0 radical (unpaired) electrons. The van der Waals surface area contributed by atoms with Crippen molar-refractivity contribution in [3.05, 3.63) is 168 Å². The number of aliphatic imine (C=N–C) groups is 2. The number of rotatable bonds is 4. The molecule has 1 unspecified atom stereocenters. The van der Waals surface area contributed by atoms with Crippen molar-refractivity contribution in [1.82, 2.24) is 5.32 Å². The molecule has 0 aliphatic carbocycles. The maximum Gasteiger partial charge on any atom is 0.170 e. The van der Waals surface area contributed by atoms with Gasteiger partial charge in [-0.05, 0) is 50.8 Å². The number of para-hydroxylation sites is 1. The summed E-state index contributed by atoms with van der Waals surface area (Å²) in [6, 6.07) is 15.4. The molecule has 0 saturated heterocycles. The number of nitrogens with zero attached hydrogens (tertiary/aromatic N) is 2. The van der Waals surface area contributed by atoms with E-state index in [4.69, 9.17) is 21.7 Å². The Balaban J connectivity index is 1.30. The van der Waals surface area contributed by atoms with Gasteiger partial charge < -0.3 is 9.73 Å². The second-order valence-corrected chi connectivity index (χ2v) is 10.4. The van der Waals surface area contributed by atoms with Gasteiger partial charge >= 0.3 is 0 Å². The molecular weight excluding hydrogens is 550 g/mol. The lowest BCUT2D eigenvalue weighted by Gasteiger charge is -2.23. The average Bonchev–Trinajstić information content (AvgIpc) is 3.58. The highest BCUT2D eigenvalue weighted by molar-refractivity contribution is 6.16. The summed E-state index contributed by atoms with van der Waals surface area (Å²) in [5.41, 5.74) is -0.205. The lowest BCUT2D eigenvalue weighted by Crippen LogP contribution is -2.36. The van der Waals surface area contributed by atoms with Gasteiger partial charge in [0.15, 0.2) is 6.17 Å². The molecule has 0 saturated carbocycles. The summed E-state index contributed by atoms with van der Waals surface area (Å²) in [4.78, 5) is 9.36. The van der Waals surface area contributed by atoms with E-state index < -0.39 is 60.5 Å². The smallest absolute Gasteiger partial charge is 0.170 e. The van der Waals surface area contributed by atoms with Gasteiger partial charge in [-0.3, -0.25) is 0 Å². The lowest BCUT2D eigenvalue weighted by molar-refractivity contribution is 0.667. The third kappa shape index (κ3) is 4.38. The van der Waals surface area contributed by atoms with Crippen LogP contribution >= 0.6 is 0 Å². The van der Waals surface area contributed by atoms with Crippen molar-refractivity contribution >= 4 is 55.2 Å². The first kappa shape index (κ1) is 15.6. The van der Waals surface area contributed by atoms with Crippen LogP contribution in [0.3, 0.4) is 0 Å². The maximum absolute atomic E-state index is 9.28. The van der Waals surface area contributed by atoms with Crippen LogP contribution in [0.4, 0.5) is 0 Å². The summed E-state index contributed by atoms with van der Waals surface area (Å²) in [5, 5.41) is 6.92. The fourth-order valence-corrected chi connectivity index (χ4v) is 5.68. The quantitative estimate of drug-likeness (QED) is 0.207. The van der Waals surface area contributed by atoms with E-state index in [0.717, 1.165) is 21.5 Å². The third-order valence-corrected chi connectivity index (χ3v) is 7.79. The predicted octanol–water partition coefficient (Wildman–Crippen LogP) is 10.1. The van der Waals surface area contributed by atoms with Crippen molar-refractivity contribution in [3.8, 4) is 11.1 Å². The zero-order valence-electron chi connectivity index (χ0n) is 36.3. The molecule has 7 aromatic carbocycles. The molecule has 1 aliphatic heterocycles. The molecule has 9 rings (SSSR count). The molecule has 8 aromatic rings. The van der Waals surface area contributed by atoms with Crippen molar-refractivity contribution in [2.75, 3.05) is 0 Å². The Morgan fingerprint density at radius 2 is 1.24 bits per heavy atom. The van der Waals surface area contributed by atoms with Gasteiger partial charge in [-0.1, -0.05) is 133 Å². The highest BCUT2D eigenvalue weighted by atomic mass is 16.3. The van der Waals surface area contributed by atoms with E-state index in [9.17, 15) is 5.48 Å². The van der Waals surface area contributed by atoms with Crippen LogP contribution in [0, 0.1) is 0 Å². The molecule has 1 aromatic heterocycles. The van der Waals surface area contributed by atoms with Crippen LogP contribution in [0.5, 0.6) is 0 Å². The van der Waals surface area contributed by atoms with Gasteiger partial charge in [-0.2, -0.15) is 0 Å². The van der Waals surface area contributed by atoms with E-state index in [2.05, 4.69) is 10.3 Å². The minimum atomic E-state index is -1.51. The van der Waals surface area contributed by atoms with Crippen molar-refractivity contribution in [3.63, 3.8) is 0 Å². The molecule has 0 fully saturated rings. The van der Waals surface area contributed by atoms with E-state index in [0.29, 0.717) is 5.56 Å². The molecule has 0 spiro atoms. The van der Waals surface area contributed by atoms with Crippen LogP contribution in [-0.4, -0.2) is 11.7 Å². The number of fused-ring (bicyclic) bond motifs is 6.